The number of ketones is 1. The molecule has 0 aliphatic rings. The second-order valence-corrected chi connectivity index (χ2v) is 12.8. The summed E-state index contributed by atoms with van der Waals surface area (Å²) < 4.78 is 0. The predicted molar refractivity (Wildman–Crippen MR) is 163 cm³/mol. The van der Waals surface area contributed by atoms with Gasteiger partial charge in [-0.3, -0.25) is 14.4 Å². The first-order chi connectivity index (χ1) is 19.9. The Bertz CT molecular complexity index is 1180. The molecular formula is C25H32N6O7S4. The zero-order valence-electron chi connectivity index (χ0n) is 23.3. The average molecular weight is 657 g/mol. The monoisotopic (exact) mass is 656 g/mol. The number of carbonyl (C=O) groups is 5. The van der Waals surface area contributed by atoms with Gasteiger partial charge in [0.05, 0.1) is 26.2 Å². The molecule has 2 aromatic rings. The lowest BCUT2D eigenvalue weighted by Crippen LogP contribution is -2.41. The van der Waals surface area contributed by atoms with Crippen LogP contribution in [0.5, 0.6) is 0 Å². The van der Waals surface area contributed by atoms with E-state index in [1.54, 1.807) is 18.3 Å². The summed E-state index contributed by atoms with van der Waals surface area (Å²) in [6, 6.07) is 1.10. The molecule has 2 heterocycles. The number of carboxylic acid groups (broad SMARTS) is 2. The number of aromatic nitrogens is 4. The van der Waals surface area contributed by atoms with Gasteiger partial charge in [-0.2, -0.15) is 0 Å². The molecule has 228 valence electrons. The van der Waals surface area contributed by atoms with Gasteiger partial charge in [-0.1, -0.05) is 0 Å². The number of carboxylic acids is 2. The Morgan fingerprint density at radius 3 is 1.88 bits per heavy atom. The Morgan fingerprint density at radius 2 is 1.36 bits per heavy atom. The van der Waals surface area contributed by atoms with Gasteiger partial charge in [0.15, 0.2) is 0 Å². The number of hydrogen-bond donors (Lipinski definition) is 4. The summed E-state index contributed by atoms with van der Waals surface area (Å²) in [6.07, 6.45) is 6.53. The van der Waals surface area contributed by atoms with E-state index in [-0.39, 0.29) is 30.1 Å². The molecule has 0 aliphatic heterocycles. The minimum absolute atomic E-state index is 0.0144. The molecule has 0 aromatic carbocycles. The Hall–Kier alpha value is -2.89. The molecule has 2 unspecified atom stereocenters. The normalized spacial score (nSPS) is 13.8. The molecule has 4 atom stereocenters. The highest BCUT2D eigenvalue weighted by molar-refractivity contribution is 8.00. The highest BCUT2D eigenvalue weighted by Crippen LogP contribution is 2.37. The Kier molecular flexibility index (Phi) is 15.1. The van der Waals surface area contributed by atoms with E-state index in [0.29, 0.717) is 21.6 Å². The van der Waals surface area contributed by atoms with Gasteiger partial charge in [0.1, 0.15) is 30.0 Å². The molecule has 42 heavy (non-hydrogen) atoms. The number of amides is 2. The number of nitrogens with one attached hydrogen (secondary N) is 2. The Labute approximate surface area is 260 Å². The van der Waals surface area contributed by atoms with Crippen molar-refractivity contribution in [3.05, 3.63) is 36.2 Å². The summed E-state index contributed by atoms with van der Waals surface area (Å²) in [5, 5.41) is 24.0. The molecule has 0 spiro atoms. The van der Waals surface area contributed by atoms with Crippen LogP contribution in [-0.4, -0.2) is 95.8 Å². The largest absolute Gasteiger partial charge is 0.480 e. The molecule has 0 aliphatic carbocycles. The molecule has 0 saturated carbocycles. The van der Waals surface area contributed by atoms with E-state index in [1.165, 1.54) is 55.5 Å². The van der Waals surface area contributed by atoms with Crippen molar-refractivity contribution in [1.29, 1.82) is 0 Å². The zero-order valence-corrected chi connectivity index (χ0v) is 26.6. The average Bonchev–Trinajstić information content (AvgIpc) is 2.95. The van der Waals surface area contributed by atoms with E-state index in [1.807, 2.05) is 12.5 Å². The third-order valence-corrected chi connectivity index (χ3v) is 9.38. The first kappa shape index (κ1) is 35.3. The first-order valence-corrected chi connectivity index (χ1v) is 17.0. The van der Waals surface area contributed by atoms with Crippen molar-refractivity contribution in [2.45, 2.75) is 59.3 Å². The first-order valence-electron chi connectivity index (χ1n) is 12.4. The van der Waals surface area contributed by atoms with Crippen molar-refractivity contribution in [1.82, 2.24) is 30.6 Å². The van der Waals surface area contributed by atoms with Gasteiger partial charge in [-0.05, 0) is 24.6 Å². The zero-order chi connectivity index (χ0) is 31.2. The van der Waals surface area contributed by atoms with E-state index < -0.39 is 46.3 Å². The van der Waals surface area contributed by atoms with Crippen LogP contribution >= 0.6 is 47.0 Å². The molecule has 2 amide bonds. The van der Waals surface area contributed by atoms with E-state index in [2.05, 4.69) is 30.6 Å². The van der Waals surface area contributed by atoms with Gasteiger partial charge in [-0.15, -0.1) is 47.0 Å². The lowest BCUT2D eigenvalue weighted by atomic mass is 10.1. The van der Waals surface area contributed by atoms with Gasteiger partial charge in [0, 0.05) is 44.4 Å². The number of thioether (sulfide) groups is 4. The molecule has 0 saturated heterocycles. The minimum Gasteiger partial charge on any atom is -0.480 e. The number of nitrogens with zero attached hydrogens (tertiary/aromatic N) is 4. The molecule has 2 rings (SSSR count). The van der Waals surface area contributed by atoms with Crippen molar-refractivity contribution in [2.75, 3.05) is 24.0 Å². The molecule has 17 heteroatoms. The van der Waals surface area contributed by atoms with Crippen molar-refractivity contribution in [3.8, 4) is 0 Å². The van der Waals surface area contributed by atoms with Crippen LogP contribution in [-0.2, 0) is 24.0 Å². The highest BCUT2D eigenvalue weighted by Gasteiger charge is 2.28. The number of aliphatic carboxylic acids is 2. The van der Waals surface area contributed by atoms with E-state index in [9.17, 15) is 34.2 Å². The maximum Gasteiger partial charge on any atom is 0.327 e. The smallest absolute Gasteiger partial charge is 0.327 e. The Morgan fingerprint density at radius 1 is 0.810 bits per heavy atom. The Balaban J connectivity index is 2.31. The van der Waals surface area contributed by atoms with Gasteiger partial charge >= 0.3 is 11.9 Å². The van der Waals surface area contributed by atoms with Crippen LogP contribution in [0.25, 0.3) is 0 Å². The third-order valence-electron chi connectivity index (χ3n) is 5.45. The van der Waals surface area contributed by atoms with Crippen LogP contribution in [0.1, 0.15) is 48.7 Å². The molecule has 0 fully saturated rings. The molecule has 2 aromatic heterocycles. The molecule has 4 N–H and O–H groups in total. The summed E-state index contributed by atoms with van der Waals surface area (Å²) in [6.45, 7) is 2.45. The molecule has 13 nitrogen and oxygen atoms in total. The topological polar surface area (TPSA) is 201 Å². The van der Waals surface area contributed by atoms with Crippen LogP contribution in [0.2, 0.25) is 0 Å². The fraction of sp³-hybridized carbons (Fsp3) is 0.480. The van der Waals surface area contributed by atoms with Crippen LogP contribution in [0, 0.1) is 0 Å². The van der Waals surface area contributed by atoms with Gasteiger partial charge in [-0.25, -0.2) is 29.5 Å². The van der Waals surface area contributed by atoms with Crippen molar-refractivity contribution < 1.29 is 34.2 Å². The molecular weight excluding hydrogens is 625 g/mol. The SMILES string of the molecule is CSc1cc(C(CC(=O)CC(SC[C@H](NC(C)=O)C(=O)O)c2nccc(SC)n2)SC[C@H](NC(C)=O)C(=O)O)ncn1. The molecule has 0 bridgehead atoms. The van der Waals surface area contributed by atoms with Crippen molar-refractivity contribution in [3.63, 3.8) is 0 Å². The summed E-state index contributed by atoms with van der Waals surface area (Å²) in [5.74, 6) is -3.32. The van der Waals surface area contributed by atoms with Crippen molar-refractivity contribution >= 4 is 76.6 Å². The number of carbonyl (C=O) groups excluding carboxylic acids is 3. The lowest BCUT2D eigenvalue weighted by Gasteiger charge is -2.21. The van der Waals surface area contributed by atoms with Crippen LogP contribution in [0.15, 0.2) is 34.7 Å². The van der Waals surface area contributed by atoms with E-state index in [4.69, 9.17) is 0 Å². The minimum atomic E-state index is -1.21. The second-order valence-electron chi connectivity index (χ2n) is 8.72. The van der Waals surface area contributed by atoms with Crippen LogP contribution in [0.3, 0.4) is 0 Å². The standard InChI is InChI=1S/C25H32N6O7S4/c1-13(32)29-17(24(35)36)10-41-19(16-9-22(40-4)28-12-27-16)7-15(34)8-20(23-26-6-5-21(31-23)39-3)42-11-18(25(37)38)30-14(2)33/h5-6,9,12,17-20H,7-8,10-11H2,1-4H3,(H,29,32)(H,30,33)(H,35,36)(H,37,38)/t17-,18-,19?,20?/m0/s1. The highest BCUT2D eigenvalue weighted by atomic mass is 32.2. The number of hydrogen-bond acceptors (Lipinski definition) is 13. The predicted octanol–water partition coefficient (Wildman–Crippen LogP) is 2.49. The fourth-order valence-electron chi connectivity index (χ4n) is 3.50. The van der Waals surface area contributed by atoms with Crippen LogP contribution < -0.4 is 10.6 Å². The van der Waals surface area contributed by atoms with E-state index in [0.717, 1.165) is 11.8 Å². The number of rotatable bonds is 18. The molecule has 0 radical (unpaired) electrons. The van der Waals surface area contributed by atoms with E-state index >= 15 is 0 Å². The third kappa shape index (κ3) is 12.1. The van der Waals surface area contributed by atoms with Crippen molar-refractivity contribution in [2.24, 2.45) is 0 Å². The summed E-state index contributed by atoms with van der Waals surface area (Å²) in [7, 11) is 0. The van der Waals surface area contributed by atoms with Gasteiger partial charge < -0.3 is 20.8 Å². The summed E-state index contributed by atoms with van der Waals surface area (Å²) >= 11 is 5.10. The van der Waals surface area contributed by atoms with Gasteiger partial charge in [0.2, 0.25) is 11.8 Å². The second kappa shape index (κ2) is 17.9. The van der Waals surface area contributed by atoms with Crippen LogP contribution in [0.4, 0.5) is 0 Å². The quantitative estimate of drug-likeness (QED) is 0.135. The fourth-order valence-corrected chi connectivity index (χ4v) is 6.75. The lowest BCUT2D eigenvalue weighted by molar-refractivity contribution is -0.141. The maximum absolute atomic E-state index is 13.5. The summed E-state index contributed by atoms with van der Waals surface area (Å²) in [5.41, 5.74) is 0.529. The number of Topliss-reactive ketones (excluding diaryl/α,β-unsaturated/α-hetero) is 1. The van der Waals surface area contributed by atoms with Gasteiger partial charge in [0.25, 0.3) is 0 Å². The summed E-state index contributed by atoms with van der Waals surface area (Å²) in [4.78, 5) is 77.2. The maximum atomic E-state index is 13.5.